The van der Waals surface area contributed by atoms with Crippen LogP contribution in [-0.2, 0) is 23.5 Å². The van der Waals surface area contributed by atoms with Gasteiger partial charge in [-0.2, -0.15) is 0 Å². The van der Waals surface area contributed by atoms with Crippen molar-refractivity contribution in [3.8, 4) is 0 Å². The Hall–Kier alpha value is -1.37. The number of fused-ring (bicyclic) bond motifs is 1. The van der Waals surface area contributed by atoms with Crippen LogP contribution in [0, 0.1) is 6.92 Å². The number of nitrogens with zero attached hydrogens (tertiary/aromatic N) is 1. The molecule has 1 aromatic heterocycles. The monoisotopic (exact) mass is 321 g/mol. The molecule has 2 aromatic rings. The zero-order chi connectivity index (χ0) is 15.7. The highest BCUT2D eigenvalue weighted by Crippen LogP contribution is 2.24. The van der Waals surface area contributed by atoms with Gasteiger partial charge in [0, 0.05) is 37.2 Å². The molecule has 3 rings (SSSR count). The van der Waals surface area contributed by atoms with Crippen LogP contribution < -0.4 is 10.0 Å². The van der Waals surface area contributed by atoms with Gasteiger partial charge in [0.15, 0.2) is 0 Å². The third kappa shape index (κ3) is 2.91. The molecular weight excluding hydrogens is 298 g/mol. The van der Waals surface area contributed by atoms with Gasteiger partial charge < -0.3 is 9.88 Å². The number of hydrogen-bond acceptors (Lipinski definition) is 3. The Morgan fingerprint density at radius 3 is 2.95 bits per heavy atom. The molecule has 1 aromatic carbocycles. The van der Waals surface area contributed by atoms with Crippen molar-refractivity contribution in [1.82, 2.24) is 14.6 Å². The fraction of sp³-hybridized carbons (Fsp3) is 0.500. The lowest BCUT2D eigenvalue weighted by Gasteiger charge is -2.11. The number of aryl methyl sites for hydroxylation is 2. The van der Waals surface area contributed by atoms with Crippen LogP contribution in [0.5, 0.6) is 0 Å². The first kappa shape index (κ1) is 15.5. The van der Waals surface area contributed by atoms with Crippen molar-refractivity contribution in [2.45, 2.75) is 25.0 Å². The first-order valence-electron chi connectivity index (χ1n) is 7.72. The van der Waals surface area contributed by atoms with Gasteiger partial charge in [-0.25, -0.2) is 13.1 Å². The highest BCUT2D eigenvalue weighted by molar-refractivity contribution is 7.90. The first-order chi connectivity index (χ1) is 10.5. The number of hydrogen-bond donors (Lipinski definition) is 2. The topological polar surface area (TPSA) is 63.1 Å². The second-order valence-corrected chi connectivity index (χ2v) is 8.08. The lowest BCUT2D eigenvalue weighted by Crippen LogP contribution is -2.36. The maximum Gasteiger partial charge on any atom is 0.215 e. The van der Waals surface area contributed by atoms with Gasteiger partial charge in [0.2, 0.25) is 10.0 Å². The van der Waals surface area contributed by atoms with Gasteiger partial charge in [-0.3, -0.25) is 0 Å². The molecule has 1 fully saturated rings. The van der Waals surface area contributed by atoms with E-state index in [1.165, 1.54) is 22.0 Å². The van der Waals surface area contributed by atoms with Crippen molar-refractivity contribution in [3.05, 3.63) is 35.5 Å². The molecule has 2 N–H and O–H groups in total. The maximum absolute atomic E-state index is 12.2. The summed E-state index contributed by atoms with van der Waals surface area (Å²) in [6, 6.07) is 6.25. The van der Waals surface area contributed by atoms with Crippen LogP contribution in [0.15, 0.2) is 24.4 Å². The zero-order valence-electron chi connectivity index (χ0n) is 13.1. The van der Waals surface area contributed by atoms with Gasteiger partial charge >= 0.3 is 0 Å². The van der Waals surface area contributed by atoms with E-state index in [1.807, 2.05) is 7.05 Å². The van der Waals surface area contributed by atoms with Crippen molar-refractivity contribution in [3.63, 3.8) is 0 Å². The minimum atomic E-state index is -3.21. The van der Waals surface area contributed by atoms with Crippen LogP contribution in [-0.4, -0.2) is 37.9 Å². The summed E-state index contributed by atoms with van der Waals surface area (Å²) in [6.45, 7) is 3.89. The van der Waals surface area contributed by atoms with E-state index in [2.05, 4.69) is 45.9 Å². The average molecular weight is 321 g/mol. The SMILES string of the molecule is Cc1cccc2c1c(CCNS(=O)(=O)C1CCNC1)cn2C. The standard InChI is InChI=1S/C16H23N3O2S/c1-12-4-3-5-15-16(12)13(11-19(15)2)6-9-18-22(20,21)14-7-8-17-10-14/h3-5,11,14,17-18H,6-10H2,1-2H3. The molecule has 0 amide bonds. The van der Waals surface area contributed by atoms with Crippen molar-refractivity contribution < 1.29 is 8.42 Å². The van der Waals surface area contributed by atoms with Crippen LogP contribution in [0.25, 0.3) is 10.9 Å². The third-order valence-electron chi connectivity index (χ3n) is 4.45. The third-order valence-corrected chi connectivity index (χ3v) is 6.34. The molecule has 0 aliphatic carbocycles. The Balaban J connectivity index is 1.72. The van der Waals surface area contributed by atoms with Crippen molar-refractivity contribution in [2.24, 2.45) is 7.05 Å². The number of rotatable bonds is 5. The summed E-state index contributed by atoms with van der Waals surface area (Å²) in [4.78, 5) is 0. The van der Waals surface area contributed by atoms with E-state index < -0.39 is 10.0 Å². The molecule has 0 spiro atoms. The summed E-state index contributed by atoms with van der Waals surface area (Å²) in [5.41, 5.74) is 3.62. The second kappa shape index (κ2) is 6.02. The van der Waals surface area contributed by atoms with Gasteiger partial charge in [-0.05, 0) is 43.5 Å². The molecule has 0 bridgehead atoms. The van der Waals surface area contributed by atoms with E-state index in [1.54, 1.807) is 0 Å². The van der Waals surface area contributed by atoms with E-state index in [0.717, 1.165) is 6.54 Å². The summed E-state index contributed by atoms with van der Waals surface area (Å²) in [6.07, 6.45) is 3.51. The largest absolute Gasteiger partial charge is 0.350 e. The minimum Gasteiger partial charge on any atom is -0.350 e. The summed E-state index contributed by atoms with van der Waals surface area (Å²) in [5, 5.41) is 4.05. The molecule has 1 aliphatic rings. The molecule has 1 unspecified atom stereocenters. The molecule has 120 valence electrons. The predicted octanol–water partition coefficient (Wildman–Crippen LogP) is 1.31. The molecule has 22 heavy (non-hydrogen) atoms. The van der Waals surface area contributed by atoms with Crippen LogP contribution in [0.3, 0.4) is 0 Å². The summed E-state index contributed by atoms with van der Waals surface area (Å²) >= 11 is 0. The molecule has 1 atom stereocenters. The Labute approximate surface area is 131 Å². The smallest absolute Gasteiger partial charge is 0.215 e. The second-order valence-electron chi connectivity index (χ2n) is 6.04. The summed E-state index contributed by atoms with van der Waals surface area (Å²) in [7, 11) is -1.18. The van der Waals surface area contributed by atoms with Crippen molar-refractivity contribution in [1.29, 1.82) is 0 Å². The molecule has 1 saturated heterocycles. The molecule has 5 nitrogen and oxygen atoms in total. The van der Waals surface area contributed by atoms with Crippen LogP contribution in [0.1, 0.15) is 17.5 Å². The molecule has 6 heteroatoms. The normalized spacial score (nSPS) is 19.1. The molecule has 2 heterocycles. The Morgan fingerprint density at radius 2 is 2.23 bits per heavy atom. The zero-order valence-corrected chi connectivity index (χ0v) is 13.9. The quantitative estimate of drug-likeness (QED) is 0.873. The van der Waals surface area contributed by atoms with E-state index in [4.69, 9.17) is 0 Å². The van der Waals surface area contributed by atoms with Crippen molar-refractivity contribution in [2.75, 3.05) is 19.6 Å². The van der Waals surface area contributed by atoms with Gasteiger partial charge in [0.05, 0.1) is 5.25 Å². The van der Waals surface area contributed by atoms with E-state index in [9.17, 15) is 8.42 Å². The first-order valence-corrected chi connectivity index (χ1v) is 9.26. The highest BCUT2D eigenvalue weighted by Gasteiger charge is 2.27. The molecular formula is C16H23N3O2S. The fourth-order valence-corrected chi connectivity index (χ4v) is 4.65. The van der Waals surface area contributed by atoms with Gasteiger partial charge in [-0.15, -0.1) is 0 Å². The minimum absolute atomic E-state index is 0.290. The van der Waals surface area contributed by atoms with Crippen molar-refractivity contribution >= 4 is 20.9 Å². The van der Waals surface area contributed by atoms with Gasteiger partial charge in [0.25, 0.3) is 0 Å². The average Bonchev–Trinajstić information content (AvgIpc) is 3.09. The number of benzene rings is 1. The lowest BCUT2D eigenvalue weighted by molar-refractivity contribution is 0.568. The number of nitrogens with one attached hydrogen (secondary N) is 2. The Bertz CT molecular complexity index is 774. The lowest BCUT2D eigenvalue weighted by atomic mass is 10.1. The van der Waals surface area contributed by atoms with Crippen LogP contribution in [0.4, 0.5) is 0 Å². The Morgan fingerprint density at radius 1 is 1.41 bits per heavy atom. The molecule has 0 radical (unpaired) electrons. The molecule has 1 aliphatic heterocycles. The van der Waals surface area contributed by atoms with Crippen LogP contribution in [0.2, 0.25) is 0 Å². The predicted molar refractivity (Wildman–Crippen MR) is 89.6 cm³/mol. The molecule has 0 saturated carbocycles. The van der Waals surface area contributed by atoms with Gasteiger partial charge in [-0.1, -0.05) is 12.1 Å². The van der Waals surface area contributed by atoms with E-state index in [-0.39, 0.29) is 5.25 Å². The highest BCUT2D eigenvalue weighted by atomic mass is 32.2. The fourth-order valence-electron chi connectivity index (χ4n) is 3.26. The summed E-state index contributed by atoms with van der Waals surface area (Å²) in [5.74, 6) is 0. The van der Waals surface area contributed by atoms with Gasteiger partial charge in [0.1, 0.15) is 0 Å². The summed E-state index contributed by atoms with van der Waals surface area (Å²) < 4.78 is 29.3. The van der Waals surface area contributed by atoms with E-state index >= 15 is 0 Å². The maximum atomic E-state index is 12.2. The number of aromatic nitrogens is 1. The Kier molecular flexibility index (Phi) is 4.25. The van der Waals surface area contributed by atoms with Crippen LogP contribution >= 0.6 is 0 Å². The van der Waals surface area contributed by atoms with E-state index in [0.29, 0.717) is 25.9 Å². The number of sulfonamides is 1.